The summed E-state index contributed by atoms with van der Waals surface area (Å²) in [5.74, 6) is 0. The first kappa shape index (κ1) is 14.1. The zero-order valence-corrected chi connectivity index (χ0v) is 12.3. The topological polar surface area (TPSA) is 66.3 Å². The molecule has 0 unspecified atom stereocenters. The maximum Gasteiger partial charge on any atom is 0.296 e. The van der Waals surface area contributed by atoms with Crippen LogP contribution in [-0.4, -0.2) is 35.2 Å². The van der Waals surface area contributed by atoms with Crippen LogP contribution in [0.25, 0.3) is 0 Å². The highest BCUT2D eigenvalue weighted by Crippen LogP contribution is 2.10. The minimum Gasteiger partial charge on any atom is -0.378 e. The number of aryl methyl sites for hydroxylation is 1. The molecule has 0 saturated carbocycles. The molecule has 0 spiro atoms. The Hall–Kier alpha value is -2.28. The lowest BCUT2D eigenvalue weighted by atomic mass is 10.2. The van der Waals surface area contributed by atoms with Gasteiger partial charge in [0.05, 0.1) is 6.21 Å². The molecule has 0 aliphatic rings. The number of H-pyrrole nitrogens is 1. The number of aromatic amines is 1. The van der Waals surface area contributed by atoms with Crippen molar-refractivity contribution in [3.05, 3.63) is 50.6 Å². The first-order valence-corrected chi connectivity index (χ1v) is 6.40. The van der Waals surface area contributed by atoms with Gasteiger partial charge in [-0.1, -0.05) is 12.1 Å². The van der Waals surface area contributed by atoms with Gasteiger partial charge in [0.2, 0.25) is 4.77 Å². The van der Waals surface area contributed by atoms with Gasteiger partial charge in [0.15, 0.2) is 0 Å². The molecule has 0 atom stereocenters. The summed E-state index contributed by atoms with van der Waals surface area (Å²) in [6, 6.07) is 7.79. The van der Waals surface area contributed by atoms with E-state index in [-0.39, 0.29) is 10.3 Å². The molecule has 2 rings (SSSR count). The van der Waals surface area contributed by atoms with Crippen LogP contribution in [-0.2, 0) is 0 Å². The molecule has 1 aromatic carbocycles. The van der Waals surface area contributed by atoms with E-state index in [0.29, 0.717) is 5.69 Å². The number of nitrogens with one attached hydrogen (secondary N) is 1. The number of anilines is 1. The van der Waals surface area contributed by atoms with E-state index >= 15 is 0 Å². The fourth-order valence-electron chi connectivity index (χ4n) is 1.56. The van der Waals surface area contributed by atoms with Crippen molar-refractivity contribution >= 4 is 24.1 Å². The van der Waals surface area contributed by atoms with Crippen molar-refractivity contribution in [2.45, 2.75) is 6.92 Å². The van der Waals surface area contributed by atoms with Crippen LogP contribution in [0.4, 0.5) is 5.69 Å². The standard InChI is InChI=1S/C13H15N5OS/c1-9-12(19)18(13(20)16-15-9)14-8-10-4-6-11(7-5-10)17(2)3/h4-8H,1-3H3,(H,16,20). The number of aromatic nitrogens is 3. The summed E-state index contributed by atoms with van der Waals surface area (Å²) in [7, 11) is 3.95. The summed E-state index contributed by atoms with van der Waals surface area (Å²) in [5.41, 5.74) is 1.97. The van der Waals surface area contributed by atoms with E-state index < -0.39 is 0 Å². The molecule has 0 aliphatic heterocycles. The van der Waals surface area contributed by atoms with Gasteiger partial charge in [-0.2, -0.15) is 14.9 Å². The maximum atomic E-state index is 11.8. The van der Waals surface area contributed by atoms with Crippen molar-refractivity contribution in [1.82, 2.24) is 14.9 Å². The monoisotopic (exact) mass is 289 g/mol. The molecule has 0 aliphatic carbocycles. The van der Waals surface area contributed by atoms with Crippen molar-refractivity contribution in [3.63, 3.8) is 0 Å². The van der Waals surface area contributed by atoms with E-state index in [1.165, 1.54) is 0 Å². The first-order valence-electron chi connectivity index (χ1n) is 5.99. The Morgan fingerprint density at radius 2 is 2.00 bits per heavy atom. The zero-order chi connectivity index (χ0) is 14.7. The lowest BCUT2D eigenvalue weighted by Gasteiger charge is -2.11. The van der Waals surface area contributed by atoms with Gasteiger partial charge in [-0.05, 0) is 36.8 Å². The Morgan fingerprint density at radius 3 is 2.60 bits per heavy atom. The molecular formula is C13H15N5OS. The normalized spacial score (nSPS) is 10.9. The Bertz CT molecular complexity index is 743. The van der Waals surface area contributed by atoms with E-state index in [2.05, 4.69) is 15.3 Å². The summed E-state index contributed by atoms with van der Waals surface area (Å²) >= 11 is 4.99. The summed E-state index contributed by atoms with van der Waals surface area (Å²) in [6.07, 6.45) is 1.59. The van der Waals surface area contributed by atoms with Crippen LogP contribution >= 0.6 is 12.2 Å². The average Bonchev–Trinajstić information content (AvgIpc) is 2.43. The highest BCUT2D eigenvalue weighted by atomic mass is 32.1. The second-order valence-electron chi connectivity index (χ2n) is 4.46. The summed E-state index contributed by atoms with van der Waals surface area (Å²) in [4.78, 5) is 13.9. The van der Waals surface area contributed by atoms with Crippen molar-refractivity contribution in [1.29, 1.82) is 0 Å². The fourth-order valence-corrected chi connectivity index (χ4v) is 1.74. The molecule has 0 bridgehead atoms. The summed E-state index contributed by atoms with van der Waals surface area (Å²) < 4.78 is 1.29. The number of rotatable bonds is 3. The molecule has 1 N–H and O–H groups in total. The van der Waals surface area contributed by atoms with Gasteiger partial charge in [-0.25, -0.2) is 0 Å². The largest absolute Gasteiger partial charge is 0.378 e. The third kappa shape index (κ3) is 3.00. The van der Waals surface area contributed by atoms with Gasteiger partial charge in [0, 0.05) is 19.8 Å². The molecule has 7 heteroatoms. The fraction of sp³-hybridized carbons (Fsp3) is 0.231. The molecule has 0 amide bonds. The van der Waals surface area contributed by atoms with Gasteiger partial charge in [-0.3, -0.25) is 9.89 Å². The second-order valence-corrected chi connectivity index (χ2v) is 4.85. The van der Waals surface area contributed by atoms with Crippen LogP contribution < -0.4 is 10.5 Å². The molecule has 0 saturated heterocycles. The van der Waals surface area contributed by atoms with Gasteiger partial charge < -0.3 is 4.90 Å². The highest BCUT2D eigenvalue weighted by molar-refractivity contribution is 7.71. The number of nitrogens with zero attached hydrogens (tertiary/aromatic N) is 4. The minimum absolute atomic E-state index is 0.168. The van der Waals surface area contributed by atoms with E-state index in [9.17, 15) is 4.79 Å². The lowest BCUT2D eigenvalue weighted by molar-refractivity contribution is 0.720. The van der Waals surface area contributed by atoms with E-state index in [0.717, 1.165) is 15.9 Å². The third-order valence-corrected chi connectivity index (χ3v) is 3.01. The number of hydrogen-bond donors (Lipinski definition) is 1. The van der Waals surface area contributed by atoms with Crippen molar-refractivity contribution in [3.8, 4) is 0 Å². The Morgan fingerprint density at radius 1 is 1.35 bits per heavy atom. The van der Waals surface area contributed by atoms with Gasteiger partial charge in [0.25, 0.3) is 5.56 Å². The molecule has 6 nitrogen and oxygen atoms in total. The van der Waals surface area contributed by atoms with Crippen LogP contribution in [0.15, 0.2) is 34.2 Å². The quantitative estimate of drug-likeness (QED) is 0.688. The van der Waals surface area contributed by atoms with E-state index in [1.54, 1.807) is 13.1 Å². The van der Waals surface area contributed by atoms with Crippen molar-refractivity contribution in [2.24, 2.45) is 5.10 Å². The highest BCUT2D eigenvalue weighted by Gasteiger charge is 2.01. The molecule has 1 aromatic heterocycles. The molecule has 20 heavy (non-hydrogen) atoms. The van der Waals surface area contributed by atoms with Crippen LogP contribution in [0.2, 0.25) is 0 Å². The molecule has 2 aromatic rings. The summed E-state index contributed by atoms with van der Waals surface area (Å²) in [5, 5.41) is 10.5. The van der Waals surface area contributed by atoms with Crippen LogP contribution in [0.5, 0.6) is 0 Å². The SMILES string of the molecule is Cc1n[nH]c(=S)n(N=Cc2ccc(N(C)C)cc2)c1=O. The third-order valence-electron chi connectivity index (χ3n) is 2.75. The van der Waals surface area contributed by atoms with Gasteiger partial charge in [0.1, 0.15) is 5.69 Å². The zero-order valence-electron chi connectivity index (χ0n) is 11.5. The van der Waals surface area contributed by atoms with Gasteiger partial charge in [-0.15, -0.1) is 0 Å². The van der Waals surface area contributed by atoms with E-state index in [4.69, 9.17) is 12.2 Å². The Labute approximate surface area is 121 Å². The van der Waals surface area contributed by atoms with Crippen molar-refractivity contribution < 1.29 is 0 Å². The molecular weight excluding hydrogens is 274 g/mol. The molecule has 104 valence electrons. The maximum absolute atomic E-state index is 11.8. The van der Waals surface area contributed by atoms with E-state index in [1.807, 2.05) is 43.3 Å². The lowest BCUT2D eigenvalue weighted by Crippen LogP contribution is -2.22. The van der Waals surface area contributed by atoms with Crippen LogP contribution in [0.1, 0.15) is 11.3 Å². The Balaban J connectivity index is 2.33. The van der Waals surface area contributed by atoms with Crippen LogP contribution in [0.3, 0.4) is 0 Å². The summed E-state index contributed by atoms with van der Waals surface area (Å²) in [6.45, 7) is 1.60. The van der Waals surface area contributed by atoms with Gasteiger partial charge >= 0.3 is 0 Å². The number of benzene rings is 1. The first-order chi connectivity index (χ1) is 9.49. The smallest absolute Gasteiger partial charge is 0.296 e. The second kappa shape index (κ2) is 5.79. The molecule has 0 radical (unpaired) electrons. The number of hydrogen-bond acceptors (Lipinski definition) is 5. The minimum atomic E-state index is -0.324. The molecule has 1 heterocycles. The average molecular weight is 289 g/mol. The van der Waals surface area contributed by atoms with Crippen molar-refractivity contribution in [2.75, 3.05) is 19.0 Å². The Kier molecular flexibility index (Phi) is 4.09. The van der Waals surface area contributed by atoms with Crippen LogP contribution in [0, 0.1) is 11.7 Å². The molecule has 0 fully saturated rings. The predicted octanol–water partition coefficient (Wildman–Crippen LogP) is 1.56. The predicted molar refractivity (Wildman–Crippen MR) is 82.2 cm³/mol.